The minimum Gasteiger partial charge on any atom is -0.378 e. The van der Waals surface area contributed by atoms with E-state index in [2.05, 4.69) is 12.2 Å². The minimum atomic E-state index is 0.0562. The van der Waals surface area contributed by atoms with Crippen molar-refractivity contribution in [3.05, 3.63) is 0 Å². The molecular weight excluding hydrogens is 166 g/mol. The number of nitrogens with one attached hydrogen (secondary N) is 1. The van der Waals surface area contributed by atoms with Gasteiger partial charge >= 0.3 is 0 Å². The fourth-order valence-corrected chi connectivity index (χ4v) is 2.00. The van der Waals surface area contributed by atoms with E-state index in [0.717, 1.165) is 32.4 Å². The van der Waals surface area contributed by atoms with Crippen LogP contribution in [0.3, 0.4) is 0 Å². The molecule has 1 aliphatic heterocycles. The normalized spacial score (nSPS) is 34.8. The molecule has 1 saturated heterocycles. The van der Waals surface area contributed by atoms with Crippen LogP contribution >= 0.6 is 0 Å². The van der Waals surface area contributed by atoms with Gasteiger partial charge in [-0.05, 0) is 33.4 Å². The summed E-state index contributed by atoms with van der Waals surface area (Å²) in [6.07, 6.45) is 3.46. The summed E-state index contributed by atoms with van der Waals surface area (Å²) < 4.78 is 11.1. The van der Waals surface area contributed by atoms with Crippen molar-refractivity contribution < 1.29 is 9.47 Å². The van der Waals surface area contributed by atoms with Gasteiger partial charge in [0.15, 0.2) is 0 Å². The lowest BCUT2D eigenvalue weighted by atomic mass is 9.87. The van der Waals surface area contributed by atoms with Gasteiger partial charge in [-0.2, -0.15) is 0 Å². The molecule has 1 fully saturated rings. The molecule has 3 heteroatoms. The Kier molecular flexibility index (Phi) is 4.16. The lowest BCUT2D eigenvalue weighted by Crippen LogP contribution is -2.43. The number of hydrogen-bond donors (Lipinski definition) is 1. The molecule has 2 unspecified atom stereocenters. The third-order valence-corrected chi connectivity index (χ3v) is 2.88. The molecule has 78 valence electrons. The van der Waals surface area contributed by atoms with Gasteiger partial charge in [0.05, 0.1) is 11.7 Å². The molecule has 1 aliphatic rings. The van der Waals surface area contributed by atoms with Crippen molar-refractivity contribution in [3.8, 4) is 0 Å². The summed E-state index contributed by atoms with van der Waals surface area (Å²) in [4.78, 5) is 0. The monoisotopic (exact) mass is 187 g/mol. The van der Waals surface area contributed by atoms with Gasteiger partial charge in [0.2, 0.25) is 0 Å². The fourth-order valence-electron chi connectivity index (χ4n) is 2.00. The fraction of sp³-hybridized carbons (Fsp3) is 1.00. The van der Waals surface area contributed by atoms with E-state index in [0.29, 0.717) is 6.10 Å². The molecule has 0 aromatic rings. The van der Waals surface area contributed by atoms with Crippen LogP contribution < -0.4 is 5.32 Å². The number of rotatable bonds is 4. The van der Waals surface area contributed by atoms with Crippen molar-refractivity contribution >= 4 is 0 Å². The summed E-state index contributed by atoms with van der Waals surface area (Å²) >= 11 is 0. The average molecular weight is 187 g/mol. The topological polar surface area (TPSA) is 30.5 Å². The second kappa shape index (κ2) is 4.94. The first-order chi connectivity index (χ1) is 6.22. The van der Waals surface area contributed by atoms with Gasteiger partial charge in [0.1, 0.15) is 0 Å². The van der Waals surface area contributed by atoms with Gasteiger partial charge in [0, 0.05) is 20.1 Å². The lowest BCUT2D eigenvalue weighted by Gasteiger charge is -2.39. The molecular formula is C10H21NO2. The van der Waals surface area contributed by atoms with Crippen molar-refractivity contribution in [2.45, 2.75) is 37.9 Å². The van der Waals surface area contributed by atoms with E-state index < -0.39 is 0 Å². The molecule has 0 aromatic heterocycles. The Bertz CT molecular complexity index is 152. The second-order valence-electron chi connectivity index (χ2n) is 3.88. The molecule has 0 spiro atoms. The lowest BCUT2D eigenvalue weighted by molar-refractivity contribution is -0.120. The van der Waals surface area contributed by atoms with Gasteiger partial charge in [-0.25, -0.2) is 0 Å². The van der Waals surface area contributed by atoms with E-state index in [1.54, 1.807) is 0 Å². The summed E-state index contributed by atoms with van der Waals surface area (Å²) in [7, 11) is 3.79. The predicted molar refractivity (Wildman–Crippen MR) is 52.9 cm³/mol. The maximum Gasteiger partial charge on any atom is 0.0737 e. The first-order valence-corrected chi connectivity index (χ1v) is 5.04. The maximum absolute atomic E-state index is 5.63. The Morgan fingerprint density at radius 2 is 2.38 bits per heavy atom. The average Bonchev–Trinajstić information content (AvgIpc) is 2.15. The zero-order valence-electron chi connectivity index (χ0n) is 8.93. The van der Waals surface area contributed by atoms with Crippen LogP contribution in [0.15, 0.2) is 0 Å². The van der Waals surface area contributed by atoms with Crippen LogP contribution in [0.1, 0.15) is 26.2 Å². The Balaban J connectivity index is 2.46. The summed E-state index contributed by atoms with van der Waals surface area (Å²) in [5, 5.41) is 3.17. The van der Waals surface area contributed by atoms with Gasteiger partial charge in [-0.15, -0.1) is 0 Å². The van der Waals surface area contributed by atoms with Crippen molar-refractivity contribution in [1.82, 2.24) is 5.32 Å². The highest BCUT2D eigenvalue weighted by Gasteiger charge is 2.34. The Labute approximate surface area is 80.8 Å². The summed E-state index contributed by atoms with van der Waals surface area (Å²) in [6.45, 7) is 3.96. The third-order valence-electron chi connectivity index (χ3n) is 2.88. The second-order valence-corrected chi connectivity index (χ2v) is 3.88. The van der Waals surface area contributed by atoms with Gasteiger partial charge in [-0.1, -0.05) is 0 Å². The van der Waals surface area contributed by atoms with Crippen LogP contribution in [0, 0.1) is 0 Å². The van der Waals surface area contributed by atoms with E-state index in [1.807, 2.05) is 14.2 Å². The van der Waals surface area contributed by atoms with Crippen LogP contribution in [0.4, 0.5) is 0 Å². The minimum absolute atomic E-state index is 0.0562. The zero-order valence-corrected chi connectivity index (χ0v) is 8.93. The van der Waals surface area contributed by atoms with E-state index >= 15 is 0 Å². The van der Waals surface area contributed by atoms with Crippen LogP contribution in [0.25, 0.3) is 0 Å². The first kappa shape index (κ1) is 11.0. The predicted octanol–water partition coefficient (Wildman–Crippen LogP) is 1.18. The SMILES string of the molecule is CNCCC1(OC)CCOC(C)C1. The number of hydrogen-bond acceptors (Lipinski definition) is 3. The smallest absolute Gasteiger partial charge is 0.0737 e. The van der Waals surface area contributed by atoms with Crippen LogP contribution in [0.2, 0.25) is 0 Å². The molecule has 0 aromatic carbocycles. The van der Waals surface area contributed by atoms with Crippen molar-refractivity contribution in [2.75, 3.05) is 27.3 Å². The van der Waals surface area contributed by atoms with Crippen LogP contribution in [-0.2, 0) is 9.47 Å². The van der Waals surface area contributed by atoms with Crippen LogP contribution in [-0.4, -0.2) is 39.0 Å². The molecule has 0 bridgehead atoms. The van der Waals surface area contributed by atoms with Gasteiger partial charge in [-0.3, -0.25) is 0 Å². The molecule has 0 radical (unpaired) electrons. The summed E-state index contributed by atoms with van der Waals surface area (Å²) in [5.41, 5.74) is 0.0562. The molecule has 0 amide bonds. The van der Waals surface area contributed by atoms with E-state index in [1.165, 1.54) is 0 Å². The molecule has 0 saturated carbocycles. The largest absolute Gasteiger partial charge is 0.378 e. The Morgan fingerprint density at radius 3 is 2.92 bits per heavy atom. The first-order valence-electron chi connectivity index (χ1n) is 5.04. The summed E-state index contributed by atoms with van der Waals surface area (Å²) in [5.74, 6) is 0. The van der Waals surface area contributed by atoms with Crippen LogP contribution in [0.5, 0.6) is 0 Å². The molecule has 1 N–H and O–H groups in total. The number of ether oxygens (including phenoxy) is 2. The zero-order chi connectivity index (χ0) is 9.73. The molecule has 3 nitrogen and oxygen atoms in total. The van der Waals surface area contributed by atoms with Crippen molar-refractivity contribution in [2.24, 2.45) is 0 Å². The molecule has 2 atom stereocenters. The highest BCUT2D eigenvalue weighted by molar-refractivity contribution is 4.86. The molecule has 1 heterocycles. The highest BCUT2D eigenvalue weighted by atomic mass is 16.5. The van der Waals surface area contributed by atoms with Gasteiger partial charge < -0.3 is 14.8 Å². The highest BCUT2D eigenvalue weighted by Crippen LogP contribution is 2.30. The molecule has 1 rings (SSSR count). The number of methoxy groups -OCH3 is 1. The van der Waals surface area contributed by atoms with Crippen molar-refractivity contribution in [3.63, 3.8) is 0 Å². The Morgan fingerprint density at radius 1 is 1.62 bits per heavy atom. The third kappa shape index (κ3) is 2.93. The maximum atomic E-state index is 5.63. The Hall–Kier alpha value is -0.120. The van der Waals surface area contributed by atoms with E-state index in [4.69, 9.17) is 9.47 Å². The standard InChI is InChI=1S/C10H21NO2/c1-9-8-10(12-3,4-6-11-2)5-7-13-9/h9,11H,4-8H2,1-3H3. The summed E-state index contributed by atoms with van der Waals surface area (Å²) in [6, 6.07) is 0. The van der Waals surface area contributed by atoms with Crippen molar-refractivity contribution in [1.29, 1.82) is 0 Å². The van der Waals surface area contributed by atoms with E-state index in [-0.39, 0.29) is 5.60 Å². The van der Waals surface area contributed by atoms with E-state index in [9.17, 15) is 0 Å². The molecule has 0 aliphatic carbocycles. The van der Waals surface area contributed by atoms with Gasteiger partial charge in [0.25, 0.3) is 0 Å². The molecule has 13 heavy (non-hydrogen) atoms. The quantitative estimate of drug-likeness (QED) is 0.717.